The Bertz CT molecular complexity index is 307. The third kappa shape index (κ3) is 3.01. The quantitative estimate of drug-likeness (QED) is 0.697. The monoisotopic (exact) mass is 207 g/mol. The largest absolute Gasteiger partial charge is 0.365 e. The number of allylic oxidation sites excluding steroid dienone is 1. The van der Waals surface area contributed by atoms with Gasteiger partial charge >= 0.3 is 0 Å². The molecule has 0 spiro atoms. The number of nitrogens with zero attached hydrogens (tertiary/aromatic N) is 2. The average Bonchev–Trinajstić information content (AvgIpc) is 2.64. The van der Waals surface area contributed by atoms with Crippen LogP contribution in [-0.4, -0.2) is 25.3 Å². The zero-order chi connectivity index (χ0) is 11.3. The molecule has 1 rings (SSSR count). The standard InChI is InChI=1S/C11H17N3O/c1-4-10(12-2)11(13-3)14-8-5-6-9(15)7-8/h8,14H,2-7H2,1H3/b11-10+/t8-/m1/s1. The molecule has 0 saturated heterocycles. The number of Topliss-reactive ketones (excluding diaryl/α,β-unsaturated/α-hetero) is 1. The number of nitrogens with one attached hydrogen (secondary N) is 1. The van der Waals surface area contributed by atoms with Crippen LogP contribution >= 0.6 is 0 Å². The van der Waals surface area contributed by atoms with Crippen LogP contribution in [0.4, 0.5) is 0 Å². The molecular weight excluding hydrogens is 190 g/mol. The second kappa shape index (κ2) is 5.44. The van der Waals surface area contributed by atoms with Crippen molar-refractivity contribution in [2.75, 3.05) is 0 Å². The molecule has 15 heavy (non-hydrogen) atoms. The summed E-state index contributed by atoms with van der Waals surface area (Å²) < 4.78 is 0. The molecule has 4 heteroatoms. The van der Waals surface area contributed by atoms with E-state index in [0.717, 1.165) is 18.5 Å². The molecule has 0 aromatic carbocycles. The van der Waals surface area contributed by atoms with Gasteiger partial charge in [0, 0.05) is 18.9 Å². The Hall–Kier alpha value is -1.45. The number of carbonyl (C=O) groups excluding carboxylic acids is 1. The van der Waals surface area contributed by atoms with E-state index in [1.807, 2.05) is 6.92 Å². The maximum absolute atomic E-state index is 11.1. The van der Waals surface area contributed by atoms with Gasteiger partial charge in [-0.1, -0.05) is 6.92 Å². The summed E-state index contributed by atoms with van der Waals surface area (Å²) in [5.41, 5.74) is 0.796. The van der Waals surface area contributed by atoms with Crippen molar-refractivity contribution < 1.29 is 4.79 Å². The van der Waals surface area contributed by atoms with Gasteiger partial charge < -0.3 is 5.32 Å². The number of rotatable bonds is 5. The first-order valence-corrected chi connectivity index (χ1v) is 5.16. The molecule has 1 atom stereocenters. The van der Waals surface area contributed by atoms with Gasteiger partial charge in [0.1, 0.15) is 11.6 Å². The van der Waals surface area contributed by atoms with E-state index in [9.17, 15) is 4.79 Å². The van der Waals surface area contributed by atoms with Crippen LogP contribution in [0.5, 0.6) is 0 Å². The fourth-order valence-corrected chi connectivity index (χ4v) is 1.71. The Kier molecular flexibility index (Phi) is 4.21. The molecule has 1 N–H and O–H groups in total. The second-order valence-corrected chi connectivity index (χ2v) is 3.59. The molecule has 0 aromatic rings. The first-order valence-electron chi connectivity index (χ1n) is 5.16. The van der Waals surface area contributed by atoms with E-state index in [-0.39, 0.29) is 6.04 Å². The summed E-state index contributed by atoms with van der Waals surface area (Å²) in [6, 6.07) is 0.182. The molecule has 82 valence electrons. The molecule has 1 saturated carbocycles. The predicted octanol–water partition coefficient (Wildman–Crippen LogP) is 1.68. The van der Waals surface area contributed by atoms with Crippen molar-refractivity contribution in [2.24, 2.45) is 9.98 Å². The number of aliphatic imine (C=N–C) groups is 2. The number of hydrogen-bond donors (Lipinski definition) is 1. The highest BCUT2D eigenvalue weighted by Gasteiger charge is 2.22. The minimum Gasteiger partial charge on any atom is -0.365 e. The summed E-state index contributed by atoms with van der Waals surface area (Å²) in [6.07, 6.45) is 2.86. The molecule has 4 nitrogen and oxygen atoms in total. The number of carbonyl (C=O) groups is 1. The molecular formula is C11H17N3O. The van der Waals surface area contributed by atoms with Crippen LogP contribution in [0, 0.1) is 0 Å². The molecule has 0 heterocycles. The number of hydrogen-bond acceptors (Lipinski definition) is 4. The van der Waals surface area contributed by atoms with E-state index >= 15 is 0 Å². The minimum atomic E-state index is 0.182. The van der Waals surface area contributed by atoms with Gasteiger partial charge in [-0.3, -0.25) is 9.79 Å². The minimum absolute atomic E-state index is 0.182. The zero-order valence-electron chi connectivity index (χ0n) is 9.12. The topological polar surface area (TPSA) is 53.8 Å². The van der Waals surface area contributed by atoms with Crippen molar-refractivity contribution in [1.82, 2.24) is 5.32 Å². The van der Waals surface area contributed by atoms with Crippen LogP contribution in [0.1, 0.15) is 32.6 Å². The Morgan fingerprint density at radius 3 is 2.67 bits per heavy atom. The van der Waals surface area contributed by atoms with Crippen LogP contribution < -0.4 is 5.32 Å². The first kappa shape index (κ1) is 11.6. The maximum atomic E-state index is 11.1. The lowest BCUT2D eigenvalue weighted by Crippen LogP contribution is -2.26. The van der Waals surface area contributed by atoms with Crippen LogP contribution in [0.3, 0.4) is 0 Å². The highest BCUT2D eigenvalue weighted by atomic mass is 16.1. The third-order valence-corrected chi connectivity index (χ3v) is 2.54. The maximum Gasteiger partial charge on any atom is 0.147 e. The summed E-state index contributed by atoms with van der Waals surface area (Å²) in [6.45, 7) is 8.97. The van der Waals surface area contributed by atoms with Gasteiger partial charge in [-0.25, -0.2) is 4.99 Å². The Morgan fingerprint density at radius 2 is 2.27 bits per heavy atom. The average molecular weight is 207 g/mol. The SMILES string of the molecule is C=N/C(CC)=C(\N=C)N[C@@H]1CCC(=O)C1. The zero-order valence-corrected chi connectivity index (χ0v) is 9.12. The Balaban J connectivity index is 2.68. The first-order chi connectivity index (χ1) is 7.21. The smallest absolute Gasteiger partial charge is 0.147 e. The Labute approximate surface area is 90.2 Å². The second-order valence-electron chi connectivity index (χ2n) is 3.59. The molecule has 0 aromatic heterocycles. The molecule has 0 bridgehead atoms. The highest BCUT2D eigenvalue weighted by molar-refractivity contribution is 5.81. The van der Waals surface area contributed by atoms with Crippen LogP contribution in [0.25, 0.3) is 0 Å². The van der Waals surface area contributed by atoms with Gasteiger partial charge in [-0.15, -0.1) is 0 Å². The normalized spacial score (nSPS) is 22.2. The van der Waals surface area contributed by atoms with E-state index in [0.29, 0.717) is 24.4 Å². The third-order valence-electron chi connectivity index (χ3n) is 2.54. The van der Waals surface area contributed by atoms with Crippen molar-refractivity contribution >= 4 is 19.2 Å². The van der Waals surface area contributed by atoms with E-state index < -0.39 is 0 Å². The molecule has 1 aliphatic rings. The van der Waals surface area contributed by atoms with Crippen molar-refractivity contribution in [3.05, 3.63) is 11.5 Å². The Morgan fingerprint density at radius 1 is 1.53 bits per heavy atom. The van der Waals surface area contributed by atoms with E-state index in [1.165, 1.54) is 0 Å². The molecule has 0 radical (unpaired) electrons. The number of ketones is 1. The van der Waals surface area contributed by atoms with E-state index in [2.05, 4.69) is 28.7 Å². The van der Waals surface area contributed by atoms with Crippen molar-refractivity contribution in [3.63, 3.8) is 0 Å². The molecule has 0 amide bonds. The van der Waals surface area contributed by atoms with Gasteiger partial charge in [0.2, 0.25) is 0 Å². The van der Waals surface area contributed by atoms with E-state index in [4.69, 9.17) is 0 Å². The molecule has 1 fully saturated rings. The molecule has 0 aliphatic heterocycles. The van der Waals surface area contributed by atoms with E-state index in [1.54, 1.807) is 0 Å². The predicted molar refractivity (Wildman–Crippen MR) is 62.2 cm³/mol. The van der Waals surface area contributed by atoms with Gasteiger partial charge in [-0.2, -0.15) is 0 Å². The van der Waals surface area contributed by atoms with Gasteiger partial charge in [0.05, 0.1) is 5.70 Å². The van der Waals surface area contributed by atoms with Crippen molar-refractivity contribution in [1.29, 1.82) is 0 Å². The molecule has 0 unspecified atom stereocenters. The summed E-state index contributed by atoms with van der Waals surface area (Å²) in [5.74, 6) is 0.965. The molecule has 1 aliphatic carbocycles. The lowest BCUT2D eigenvalue weighted by atomic mass is 10.2. The summed E-state index contributed by atoms with van der Waals surface area (Å²) in [4.78, 5) is 18.9. The van der Waals surface area contributed by atoms with Gasteiger partial charge in [-0.05, 0) is 26.3 Å². The lowest BCUT2D eigenvalue weighted by Gasteiger charge is -2.14. The highest BCUT2D eigenvalue weighted by Crippen LogP contribution is 2.18. The summed E-state index contributed by atoms with van der Waals surface area (Å²) >= 11 is 0. The summed E-state index contributed by atoms with van der Waals surface area (Å²) in [5, 5.41) is 3.19. The van der Waals surface area contributed by atoms with Crippen molar-refractivity contribution in [2.45, 2.75) is 38.6 Å². The fraction of sp³-hybridized carbons (Fsp3) is 0.545. The summed E-state index contributed by atoms with van der Waals surface area (Å²) in [7, 11) is 0. The van der Waals surface area contributed by atoms with Gasteiger partial charge in [0.25, 0.3) is 0 Å². The van der Waals surface area contributed by atoms with Crippen LogP contribution in [-0.2, 0) is 4.79 Å². The lowest BCUT2D eigenvalue weighted by molar-refractivity contribution is -0.117. The van der Waals surface area contributed by atoms with Crippen molar-refractivity contribution in [3.8, 4) is 0 Å². The fourth-order valence-electron chi connectivity index (χ4n) is 1.71. The van der Waals surface area contributed by atoms with Crippen LogP contribution in [0.2, 0.25) is 0 Å². The van der Waals surface area contributed by atoms with Crippen LogP contribution in [0.15, 0.2) is 21.5 Å². The van der Waals surface area contributed by atoms with Gasteiger partial charge in [0.15, 0.2) is 0 Å².